The van der Waals surface area contributed by atoms with Crippen LogP contribution in [0.2, 0.25) is 0 Å². The van der Waals surface area contributed by atoms with Gasteiger partial charge in [0.05, 0.1) is 0 Å². The first-order valence-corrected chi connectivity index (χ1v) is 6.46. The van der Waals surface area contributed by atoms with Gasteiger partial charge < -0.3 is 16.1 Å². The number of piperidine rings is 1. The number of hydrazine groups is 1. The van der Waals surface area contributed by atoms with Crippen molar-refractivity contribution in [2.75, 3.05) is 29.1 Å². The molecule has 0 bridgehead atoms. The third kappa shape index (κ3) is 2.81. The number of rotatable bonds is 3. The molecule has 100 valence electrons. The maximum atomic E-state index is 5.67. The standard InChI is InChI=1S/C12H22N6/c1-8(2)9-3-5-18(6-4-9)11-7-10(17-14)15-12(13)16-11/h7-9H,3-6,14H2,1-2H3,(H3,13,15,16,17). The summed E-state index contributed by atoms with van der Waals surface area (Å²) in [5.41, 5.74) is 8.19. The summed E-state index contributed by atoms with van der Waals surface area (Å²) in [6.45, 7) is 6.62. The minimum atomic E-state index is 0.256. The molecule has 2 rings (SSSR count). The molecule has 1 fully saturated rings. The summed E-state index contributed by atoms with van der Waals surface area (Å²) in [4.78, 5) is 10.5. The predicted molar refractivity (Wildman–Crippen MR) is 74.0 cm³/mol. The predicted octanol–water partition coefficient (Wildman–Crippen LogP) is 1.22. The van der Waals surface area contributed by atoms with E-state index in [0.29, 0.717) is 5.82 Å². The van der Waals surface area contributed by atoms with Gasteiger partial charge in [0.2, 0.25) is 5.95 Å². The van der Waals surface area contributed by atoms with Crippen molar-refractivity contribution in [3.63, 3.8) is 0 Å². The molecule has 2 heterocycles. The molecule has 5 N–H and O–H groups in total. The van der Waals surface area contributed by atoms with Crippen LogP contribution in [0.4, 0.5) is 17.6 Å². The Balaban J connectivity index is 2.07. The van der Waals surface area contributed by atoms with E-state index in [1.807, 2.05) is 6.07 Å². The number of nitrogens with one attached hydrogen (secondary N) is 1. The van der Waals surface area contributed by atoms with Gasteiger partial charge in [-0.25, -0.2) is 5.84 Å². The van der Waals surface area contributed by atoms with Crippen molar-refractivity contribution in [1.82, 2.24) is 9.97 Å². The summed E-state index contributed by atoms with van der Waals surface area (Å²) < 4.78 is 0. The molecule has 1 aromatic heterocycles. The van der Waals surface area contributed by atoms with Gasteiger partial charge >= 0.3 is 0 Å². The Hall–Kier alpha value is -1.56. The Morgan fingerprint density at radius 3 is 2.56 bits per heavy atom. The Labute approximate surface area is 108 Å². The maximum absolute atomic E-state index is 5.67. The fraction of sp³-hybridized carbons (Fsp3) is 0.667. The highest BCUT2D eigenvalue weighted by atomic mass is 15.3. The first-order valence-electron chi connectivity index (χ1n) is 6.46. The molecule has 0 atom stereocenters. The van der Waals surface area contributed by atoms with Crippen molar-refractivity contribution in [3.8, 4) is 0 Å². The third-order valence-electron chi connectivity index (χ3n) is 3.68. The van der Waals surface area contributed by atoms with Gasteiger partial charge in [0.25, 0.3) is 0 Å². The van der Waals surface area contributed by atoms with Gasteiger partial charge in [-0.3, -0.25) is 0 Å². The van der Waals surface area contributed by atoms with Crippen molar-refractivity contribution in [2.24, 2.45) is 17.7 Å². The second-order valence-corrected chi connectivity index (χ2v) is 5.18. The zero-order valence-corrected chi connectivity index (χ0v) is 11.1. The summed E-state index contributed by atoms with van der Waals surface area (Å²) in [6.07, 6.45) is 2.40. The number of aromatic nitrogens is 2. The lowest BCUT2D eigenvalue weighted by Crippen LogP contribution is -2.36. The van der Waals surface area contributed by atoms with Crippen LogP contribution in [-0.2, 0) is 0 Å². The lowest BCUT2D eigenvalue weighted by Gasteiger charge is -2.34. The molecule has 18 heavy (non-hydrogen) atoms. The number of hydrogen-bond acceptors (Lipinski definition) is 6. The number of hydrogen-bond donors (Lipinski definition) is 3. The molecular weight excluding hydrogens is 228 g/mol. The summed E-state index contributed by atoms with van der Waals surface area (Å²) in [7, 11) is 0. The molecule has 6 nitrogen and oxygen atoms in total. The van der Waals surface area contributed by atoms with Crippen molar-refractivity contribution in [1.29, 1.82) is 0 Å². The minimum absolute atomic E-state index is 0.256. The van der Waals surface area contributed by atoms with E-state index in [-0.39, 0.29) is 5.95 Å². The molecule has 1 saturated heterocycles. The molecule has 0 aliphatic carbocycles. The summed E-state index contributed by atoms with van der Waals surface area (Å²) in [5.74, 6) is 8.60. The quantitative estimate of drug-likeness (QED) is 0.551. The second-order valence-electron chi connectivity index (χ2n) is 5.18. The first-order chi connectivity index (χ1) is 8.60. The van der Waals surface area contributed by atoms with E-state index in [2.05, 4.69) is 34.1 Å². The minimum Gasteiger partial charge on any atom is -0.368 e. The van der Waals surface area contributed by atoms with Crippen LogP contribution in [0.15, 0.2) is 6.07 Å². The average Bonchev–Trinajstić information content (AvgIpc) is 2.38. The number of anilines is 3. The van der Waals surface area contributed by atoms with Gasteiger partial charge in [-0.15, -0.1) is 0 Å². The lowest BCUT2D eigenvalue weighted by atomic mass is 9.87. The highest BCUT2D eigenvalue weighted by Crippen LogP contribution is 2.27. The largest absolute Gasteiger partial charge is 0.368 e. The molecule has 0 spiro atoms. The Kier molecular flexibility index (Phi) is 3.86. The van der Waals surface area contributed by atoms with Crippen LogP contribution in [0.25, 0.3) is 0 Å². The Bertz CT molecular complexity index is 398. The van der Waals surface area contributed by atoms with Gasteiger partial charge in [0.1, 0.15) is 11.6 Å². The molecule has 0 radical (unpaired) electrons. The van der Waals surface area contributed by atoms with E-state index in [1.54, 1.807) is 0 Å². The highest BCUT2D eigenvalue weighted by molar-refractivity contribution is 5.52. The monoisotopic (exact) mass is 250 g/mol. The third-order valence-corrected chi connectivity index (χ3v) is 3.68. The van der Waals surface area contributed by atoms with E-state index in [4.69, 9.17) is 11.6 Å². The van der Waals surface area contributed by atoms with Gasteiger partial charge in [-0.2, -0.15) is 9.97 Å². The molecule has 6 heteroatoms. The van der Waals surface area contributed by atoms with E-state index >= 15 is 0 Å². The smallest absolute Gasteiger partial charge is 0.223 e. The number of nitrogens with zero attached hydrogens (tertiary/aromatic N) is 3. The molecule has 0 aromatic carbocycles. The van der Waals surface area contributed by atoms with E-state index in [9.17, 15) is 0 Å². The lowest BCUT2D eigenvalue weighted by molar-refractivity contribution is 0.310. The molecule has 0 saturated carbocycles. The SMILES string of the molecule is CC(C)C1CCN(c2cc(NN)nc(N)n2)CC1. The van der Waals surface area contributed by atoms with Crippen LogP contribution in [0.5, 0.6) is 0 Å². The van der Waals surface area contributed by atoms with Crippen molar-refractivity contribution in [3.05, 3.63) is 6.07 Å². The molecule has 1 aliphatic heterocycles. The Morgan fingerprint density at radius 1 is 1.33 bits per heavy atom. The van der Waals surface area contributed by atoms with Gasteiger partial charge in [0.15, 0.2) is 0 Å². The van der Waals surface area contributed by atoms with Crippen LogP contribution >= 0.6 is 0 Å². The molecule has 0 unspecified atom stereocenters. The molecule has 1 aliphatic rings. The average molecular weight is 250 g/mol. The number of nitrogen functional groups attached to an aromatic ring is 2. The molecule has 1 aromatic rings. The van der Waals surface area contributed by atoms with Crippen LogP contribution in [0.1, 0.15) is 26.7 Å². The van der Waals surface area contributed by atoms with Crippen molar-refractivity contribution >= 4 is 17.6 Å². The fourth-order valence-corrected chi connectivity index (χ4v) is 2.48. The van der Waals surface area contributed by atoms with Crippen LogP contribution in [0, 0.1) is 11.8 Å². The zero-order valence-electron chi connectivity index (χ0n) is 11.1. The normalized spacial score (nSPS) is 17.2. The first kappa shape index (κ1) is 12.9. The van der Waals surface area contributed by atoms with E-state index in [1.165, 1.54) is 12.8 Å². The van der Waals surface area contributed by atoms with Crippen molar-refractivity contribution in [2.45, 2.75) is 26.7 Å². The summed E-state index contributed by atoms with van der Waals surface area (Å²) >= 11 is 0. The van der Waals surface area contributed by atoms with Crippen LogP contribution in [0.3, 0.4) is 0 Å². The maximum Gasteiger partial charge on any atom is 0.223 e. The zero-order chi connectivity index (χ0) is 13.1. The van der Waals surface area contributed by atoms with E-state index < -0.39 is 0 Å². The fourth-order valence-electron chi connectivity index (χ4n) is 2.48. The Morgan fingerprint density at radius 2 is 2.00 bits per heavy atom. The molecular formula is C12H22N6. The van der Waals surface area contributed by atoms with E-state index in [0.717, 1.165) is 30.7 Å². The van der Waals surface area contributed by atoms with Gasteiger partial charge in [0, 0.05) is 19.2 Å². The summed E-state index contributed by atoms with van der Waals surface area (Å²) in [5, 5.41) is 0. The summed E-state index contributed by atoms with van der Waals surface area (Å²) in [6, 6.07) is 1.84. The van der Waals surface area contributed by atoms with Crippen LogP contribution < -0.4 is 21.9 Å². The van der Waals surface area contributed by atoms with Crippen molar-refractivity contribution < 1.29 is 0 Å². The molecule has 0 amide bonds. The number of nitrogens with two attached hydrogens (primary N) is 2. The van der Waals surface area contributed by atoms with Gasteiger partial charge in [-0.05, 0) is 24.7 Å². The topological polar surface area (TPSA) is 93.1 Å². The second kappa shape index (κ2) is 5.39. The van der Waals surface area contributed by atoms with Crippen LogP contribution in [-0.4, -0.2) is 23.1 Å². The highest BCUT2D eigenvalue weighted by Gasteiger charge is 2.22. The van der Waals surface area contributed by atoms with Gasteiger partial charge in [-0.1, -0.05) is 13.8 Å².